The van der Waals surface area contributed by atoms with Gasteiger partial charge in [-0.15, -0.1) is 0 Å². The number of hydrogen-bond acceptors (Lipinski definition) is 3. The maximum atomic E-state index is 5.84. The van der Waals surface area contributed by atoms with E-state index in [1.54, 1.807) is 0 Å². The first-order valence-corrected chi connectivity index (χ1v) is 7.47. The van der Waals surface area contributed by atoms with Gasteiger partial charge in [-0.05, 0) is 24.1 Å². The zero-order valence-electron chi connectivity index (χ0n) is 12.4. The molecule has 0 amide bonds. The summed E-state index contributed by atoms with van der Waals surface area (Å²) in [5.74, 6) is 1.76. The van der Waals surface area contributed by atoms with E-state index < -0.39 is 0 Å². The van der Waals surface area contributed by atoms with Crippen molar-refractivity contribution in [3.05, 3.63) is 59.2 Å². The lowest BCUT2D eigenvalue weighted by molar-refractivity contribution is 0.296. The molecule has 3 nitrogen and oxygen atoms in total. The van der Waals surface area contributed by atoms with Crippen molar-refractivity contribution in [2.24, 2.45) is 0 Å². The monoisotopic (exact) mass is 283 g/mol. The van der Waals surface area contributed by atoms with E-state index in [1.165, 1.54) is 11.1 Å². The van der Waals surface area contributed by atoms with Crippen molar-refractivity contribution in [3.63, 3.8) is 0 Å². The summed E-state index contributed by atoms with van der Waals surface area (Å²) in [4.78, 5) is 0. The second kappa shape index (κ2) is 6.64. The van der Waals surface area contributed by atoms with E-state index in [0.717, 1.165) is 49.8 Å². The Morgan fingerprint density at radius 2 is 1.67 bits per heavy atom. The highest BCUT2D eigenvalue weighted by Crippen LogP contribution is 2.33. The Hall–Kier alpha value is -2.00. The molecule has 2 aromatic carbocycles. The van der Waals surface area contributed by atoms with Crippen LogP contribution in [0.15, 0.2) is 42.5 Å². The van der Waals surface area contributed by atoms with Crippen molar-refractivity contribution >= 4 is 0 Å². The first-order chi connectivity index (χ1) is 10.3. The molecule has 0 atom stereocenters. The van der Waals surface area contributed by atoms with Gasteiger partial charge in [0.05, 0.1) is 13.2 Å². The molecule has 0 aromatic heterocycles. The topological polar surface area (TPSA) is 30.5 Å². The number of ether oxygens (including phenoxy) is 2. The quantitative estimate of drug-likeness (QED) is 0.932. The molecule has 0 fully saturated rings. The van der Waals surface area contributed by atoms with Crippen LogP contribution in [0.4, 0.5) is 0 Å². The molecule has 0 unspecified atom stereocenters. The molecule has 21 heavy (non-hydrogen) atoms. The molecular weight excluding hydrogens is 262 g/mol. The van der Waals surface area contributed by atoms with Crippen molar-refractivity contribution in [1.29, 1.82) is 0 Å². The Labute approximate surface area is 125 Å². The van der Waals surface area contributed by atoms with Crippen LogP contribution in [-0.2, 0) is 13.1 Å². The van der Waals surface area contributed by atoms with E-state index in [1.807, 2.05) is 12.1 Å². The lowest BCUT2D eigenvalue weighted by Gasteiger charge is -2.13. The van der Waals surface area contributed by atoms with Crippen LogP contribution < -0.4 is 14.8 Å². The highest BCUT2D eigenvalue weighted by Gasteiger charge is 2.13. The summed E-state index contributed by atoms with van der Waals surface area (Å²) in [5.41, 5.74) is 3.80. The Kier molecular flexibility index (Phi) is 4.41. The Balaban J connectivity index is 1.67. The van der Waals surface area contributed by atoms with E-state index in [2.05, 4.69) is 42.6 Å². The maximum Gasteiger partial charge on any atom is 0.165 e. The third kappa shape index (κ3) is 3.37. The summed E-state index contributed by atoms with van der Waals surface area (Å²) in [6.07, 6.45) is 0.935. The summed E-state index contributed by atoms with van der Waals surface area (Å²) < 4.78 is 11.6. The normalized spacial score (nSPS) is 13.8. The van der Waals surface area contributed by atoms with Gasteiger partial charge in [-0.3, -0.25) is 0 Å². The van der Waals surface area contributed by atoms with Crippen molar-refractivity contribution in [1.82, 2.24) is 5.32 Å². The predicted molar refractivity (Wildman–Crippen MR) is 83.8 cm³/mol. The number of benzene rings is 2. The fourth-order valence-corrected chi connectivity index (χ4v) is 2.53. The van der Waals surface area contributed by atoms with Crippen LogP contribution in [0.3, 0.4) is 0 Å². The summed E-state index contributed by atoms with van der Waals surface area (Å²) >= 11 is 0. The molecule has 0 radical (unpaired) electrons. The van der Waals surface area contributed by atoms with E-state index in [0.29, 0.717) is 0 Å². The van der Waals surface area contributed by atoms with Gasteiger partial charge < -0.3 is 14.8 Å². The fourth-order valence-electron chi connectivity index (χ4n) is 2.53. The standard InChI is InChI=1S/C18H21NO2/c1-14-6-2-3-7-15(14)12-19-13-16-8-4-9-17-18(16)21-11-5-10-20-17/h2-4,6-9,19H,5,10-13H2,1H3. The van der Waals surface area contributed by atoms with Crippen molar-refractivity contribution in [2.75, 3.05) is 13.2 Å². The van der Waals surface area contributed by atoms with Crippen molar-refractivity contribution in [3.8, 4) is 11.5 Å². The molecule has 2 aromatic rings. The van der Waals surface area contributed by atoms with Gasteiger partial charge in [0, 0.05) is 25.1 Å². The molecular formula is C18H21NO2. The van der Waals surface area contributed by atoms with Crippen molar-refractivity contribution < 1.29 is 9.47 Å². The molecule has 0 bridgehead atoms. The van der Waals surface area contributed by atoms with Gasteiger partial charge in [0.25, 0.3) is 0 Å². The molecule has 3 heteroatoms. The Morgan fingerprint density at radius 3 is 2.57 bits per heavy atom. The van der Waals surface area contributed by atoms with Crippen LogP contribution in [0.25, 0.3) is 0 Å². The van der Waals surface area contributed by atoms with Crippen molar-refractivity contribution in [2.45, 2.75) is 26.4 Å². The number of rotatable bonds is 4. The predicted octanol–water partition coefficient (Wildman–Crippen LogP) is 3.45. The SMILES string of the molecule is Cc1ccccc1CNCc1cccc2c1OCCCO2. The first-order valence-electron chi connectivity index (χ1n) is 7.47. The van der Waals surface area contributed by atoms with Crippen LogP contribution >= 0.6 is 0 Å². The maximum absolute atomic E-state index is 5.84. The summed E-state index contributed by atoms with van der Waals surface area (Å²) in [7, 11) is 0. The smallest absolute Gasteiger partial charge is 0.165 e. The Morgan fingerprint density at radius 1 is 0.905 bits per heavy atom. The first kappa shape index (κ1) is 14.0. The minimum atomic E-state index is 0.724. The van der Waals surface area contributed by atoms with Gasteiger partial charge in [-0.1, -0.05) is 36.4 Å². The minimum absolute atomic E-state index is 0.724. The third-order valence-electron chi connectivity index (χ3n) is 3.75. The summed E-state index contributed by atoms with van der Waals surface area (Å²) in [6, 6.07) is 14.6. The van der Waals surface area contributed by atoms with Gasteiger partial charge in [-0.25, -0.2) is 0 Å². The number of hydrogen-bond donors (Lipinski definition) is 1. The number of aryl methyl sites for hydroxylation is 1. The molecule has 0 aliphatic carbocycles. The fraction of sp³-hybridized carbons (Fsp3) is 0.333. The van der Waals surface area contributed by atoms with Crippen LogP contribution in [0.2, 0.25) is 0 Å². The number of para-hydroxylation sites is 1. The largest absolute Gasteiger partial charge is 0.490 e. The van der Waals surface area contributed by atoms with Crippen LogP contribution in [0.5, 0.6) is 11.5 Å². The van der Waals surface area contributed by atoms with Gasteiger partial charge >= 0.3 is 0 Å². The van der Waals surface area contributed by atoms with E-state index >= 15 is 0 Å². The summed E-state index contributed by atoms with van der Waals surface area (Å²) in [6.45, 7) is 5.23. The molecule has 0 spiro atoms. The van der Waals surface area contributed by atoms with Crippen LogP contribution in [-0.4, -0.2) is 13.2 Å². The highest BCUT2D eigenvalue weighted by atomic mass is 16.5. The molecule has 0 saturated carbocycles. The van der Waals surface area contributed by atoms with Gasteiger partial charge in [-0.2, -0.15) is 0 Å². The molecule has 1 aliphatic heterocycles. The second-order valence-corrected chi connectivity index (χ2v) is 5.32. The Bertz CT molecular complexity index is 610. The number of fused-ring (bicyclic) bond motifs is 1. The molecule has 1 N–H and O–H groups in total. The zero-order valence-corrected chi connectivity index (χ0v) is 12.4. The average molecular weight is 283 g/mol. The molecule has 3 rings (SSSR count). The third-order valence-corrected chi connectivity index (χ3v) is 3.75. The molecule has 110 valence electrons. The zero-order chi connectivity index (χ0) is 14.5. The highest BCUT2D eigenvalue weighted by molar-refractivity contribution is 5.47. The van der Waals surface area contributed by atoms with Crippen LogP contribution in [0.1, 0.15) is 23.1 Å². The summed E-state index contributed by atoms with van der Waals surface area (Å²) in [5, 5.41) is 3.49. The van der Waals surface area contributed by atoms with Gasteiger partial charge in [0.15, 0.2) is 11.5 Å². The van der Waals surface area contributed by atoms with Gasteiger partial charge in [0.1, 0.15) is 0 Å². The number of nitrogens with one attached hydrogen (secondary N) is 1. The van der Waals surface area contributed by atoms with Gasteiger partial charge in [0.2, 0.25) is 0 Å². The van der Waals surface area contributed by atoms with E-state index in [9.17, 15) is 0 Å². The molecule has 1 heterocycles. The van der Waals surface area contributed by atoms with Crippen LogP contribution in [0, 0.1) is 6.92 Å². The lowest BCUT2D eigenvalue weighted by atomic mass is 10.1. The van der Waals surface area contributed by atoms with E-state index in [-0.39, 0.29) is 0 Å². The lowest BCUT2D eigenvalue weighted by Crippen LogP contribution is -2.14. The molecule has 0 saturated heterocycles. The minimum Gasteiger partial charge on any atom is -0.490 e. The van der Waals surface area contributed by atoms with E-state index in [4.69, 9.17) is 9.47 Å². The average Bonchev–Trinajstić information content (AvgIpc) is 2.75. The second-order valence-electron chi connectivity index (χ2n) is 5.32. The molecule has 1 aliphatic rings.